The highest BCUT2D eigenvalue weighted by molar-refractivity contribution is 6.32. The molecule has 0 saturated heterocycles. The van der Waals surface area contributed by atoms with Crippen molar-refractivity contribution in [1.29, 1.82) is 0 Å². The lowest BCUT2D eigenvalue weighted by molar-refractivity contribution is -0.125. The molecule has 0 aliphatic carbocycles. The number of carbonyl (C=O) groups is 1. The smallest absolute Gasteiger partial charge is 0.245 e. The van der Waals surface area contributed by atoms with Crippen LogP contribution in [-0.2, 0) is 16.2 Å². The highest BCUT2D eigenvalue weighted by Crippen LogP contribution is 2.35. The topological polar surface area (TPSA) is 82.8 Å². The number of hydrogen-bond donors (Lipinski definition) is 2. The number of halogens is 1. The lowest BCUT2D eigenvalue weighted by atomic mass is 10.2. The number of nitrogens with one attached hydrogen (secondary N) is 1. The molecule has 0 spiro atoms. The second kappa shape index (κ2) is 7.05. The van der Waals surface area contributed by atoms with Gasteiger partial charge in [-0.1, -0.05) is 11.6 Å². The van der Waals surface area contributed by atoms with E-state index in [1.807, 2.05) is 0 Å². The molecule has 100 valence electrons. The molecule has 18 heavy (non-hydrogen) atoms. The third-order valence-corrected chi connectivity index (χ3v) is 2.37. The van der Waals surface area contributed by atoms with Crippen molar-refractivity contribution in [2.24, 2.45) is 5.73 Å². The molecule has 7 heteroatoms. The molecule has 0 heterocycles. The number of ether oxygens (including phenoxy) is 2. The third-order valence-electron chi connectivity index (χ3n) is 2.09. The summed E-state index contributed by atoms with van der Waals surface area (Å²) in [6.45, 7) is 0.161. The van der Waals surface area contributed by atoms with Crippen LogP contribution in [0, 0.1) is 0 Å². The molecule has 0 saturated carbocycles. The standard InChI is InChI=1S/C11H15ClN2O4/c1-16-9-4-7(3-8(12)11(9)17-2)5-14-18-6-10(13)15/h3-4,14H,5-6H2,1-2H3,(H2,13,15). The van der Waals surface area contributed by atoms with Crippen molar-refractivity contribution >= 4 is 17.5 Å². The largest absolute Gasteiger partial charge is 0.493 e. The average molecular weight is 275 g/mol. The fourth-order valence-electron chi connectivity index (χ4n) is 1.33. The highest BCUT2D eigenvalue weighted by atomic mass is 35.5. The van der Waals surface area contributed by atoms with Crippen LogP contribution in [0.3, 0.4) is 0 Å². The number of primary amides is 1. The van der Waals surface area contributed by atoms with Crippen LogP contribution < -0.4 is 20.7 Å². The average Bonchev–Trinajstić information content (AvgIpc) is 2.33. The minimum Gasteiger partial charge on any atom is -0.493 e. The first-order chi connectivity index (χ1) is 8.58. The van der Waals surface area contributed by atoms with Crippen LogP contribution in [0.1, 0.15) is 5.56 Å². The Labute approximate surface area is 110 Å². The lowest BCUT2D eigenvalue weighted by Crippen LogP contribution is -2.24. The molecule has 0 aromatic heterocycles. The number of hydroxylamine groups is 1. The van der Waals surface area contributed by atoms with Crippen LogP contribution in [0.25, 0.3) is 0 Å². The van der Waals surface area contributed by atoms with Gasteiger partial charge in [-0.3, -0.25) is 9.63 Å². The van der Waals surface area contributed by atoms with E-state index in [9.17, 15) is 4.79 Å². The Hall–Kier alpha value is -1.50. The first-order valence-electron chi connectivity index (χ1n) is 5.11. The van der Waals surface area contributed by atoms with Crippen molar-refractivity contribution in [3.63, 3.8) is 0 Å². The van der Waals surface area contributed by atoms with E-state index in [0.717, 1.165) is 5.56 Å². The van der Waals surface area contributed by atoms with E-state index < -0.39 is 5.91 Å². The Kier molecular flexibility index (Phi) is 5.70. The van der Waals surface area contributed by atoms with Crippen molar-refractivity contribution in [3.8, 4) is 11.5 Å². The van der Waals surface area contributed by atoms with Gasteiger partial charge in [0.25, 0.3) is 0 Å². The zero-order valence-corrected chi connectivity index (χ0v) is 10.9. The molecule has 1 aromatic rings. The first kappa shape index (κ1) is 14.6. The van der Waals surface area contributed by atoms with Gasteiger partial charge in [0.15, 0.2) is 11.5 Å². The summed E-state index contributed by atoms with van der Waals surface area (Å²) >= 11 is 6.03. The third kappa shape index (κ3) is 4.06. The number of hydrogen-bond acceptors (Lipinski definition) is 5. The van der Waals surface area contributed by atoms with Crippen LogP contribution >= 0.6 is 11.6 Å². The first-order valence-corrected chi connectivity index (χ1v) is 5.49. The quantitative estimate of drug-likeness (QED) is 0.569. The highest BCUT2D eigenvalue weighted by Gasteiger charge is 2.10. The van der Waals surface area contributed by atoms with Gasteiger partial charge in [-0.15, -0.1) is 0 Å². The number of methoxy groups -OCH3 is 2. The maximum Gasteiger partial charge on any atom is 0.245 e. The maximum absolute atomic E-state index is 10.4. The van der Waals surface area contributed by atoms with Crippen LogP contribution in [0.15, 0.2) is 12.1 Å². The Balaban J connectivity index is 2.67. The molecule has 0 bridgehead atoms. The predicted molar refractivity (Wildman–Crippen MR) is 66.5 cm³/mol. The van der Waals surface area contributed by atoms with Crippen LogP contribution in [0.4, 0.5) is 0 Å². The molecule has 0 aliphatic heterocycles. The normalized spacial score (nSPS) is 10.2. The van der Waals surface area contributed by atoms with Crippen molar-refractivity contribution in [1.82, 2.24) is 5.48 Å². The fourth-order valence-corrected chi connectivity index (χ4v) is 1.64. The summed E-state index contributed by atoms with van der Waals surface area (Å²) in [5, 5.41) is 0.434. The summed E-state index contributed by atoms with van der Waals surface area (Å²) in [7, 11) is 3.03. The minimum absolute atomic E-state index is 0.193. The SMILES string of the molecule is COc1cc(CNOCC(N)=O)cc(Cl)c1OC. The van der Waals surface area contributed by atoms with Gasteiger partial charge in [0.05, 0.1) is 19.2 Å². The Bertz CT molecular complexity index is 426. The van der Waals surface area contributed by atoms with E-state index in [2.05, 4.69) is 5.48 Å². The van der Waals surface area contributed by atoms with Gasteiger partial charge in [-0.25, -0.2) is 0 Å². The van der Waals surface area contributed by atoms with Gasteiger partial charge in [-0.2, -0.15) is 5.48 Å². The summed E-state index contributed by atoms with van der Waals surface area (Å²) in [4.78, 5) is 15.3. The number of carbonyl (C=O) groups excluding carboxylic acids is 1. The zero-order valence-electron chi connectivity index (χ0n) is 10.2. The fraction of sp³-hybridized carbons (Fsp3) is 0.364. The molecule has 0 aliphatic rings. The number of rotatable bonds is 7. The van der Waals surface area contributed by atoms with E-state index in [1.165, 1.54) is 14.2 Å². The maximum atomic E-state index is 10.4. The molecule has 0 fully saturated rings. The van der Waals surface area contributed by atoms with Gasteiger partial charge in [0.1, 0.15) is 6.61 Å². The van der Waals surface area contributed by atoms with E-state index >= 15 is 0 Å². The Morgan fingerprint density at radius 3 is 2.67 bits per heavy atom. The number of benzene rings is 1. The zero-order chi connectivity index (χ0) is 13.5. The van der Waals surface area contributed by atoms with Gasteiger partial charge in [0, 0.05) is 6.54 Å². The molecular formula is C11H15ClN2O4. The minimum atomic E-state index is -0.548. The summed E-state index contributed by atoms with van der Waals surface area (Å²) in [6, 6.07) is 3.47. The summed E-state index contributed by atoms with van der Waals surface area (Å²) in [5.41, 5.74) is 8.33. The van der Waals surface area contributed by atoms with E-state index in [0.29, 0.717) is 23.1 Å². The van der Waals surface area contributed by atoms with Gasteiger partial charge < -0.3 is 15.2 Å². The lowest BCUT2D eigenvalue weighted by Gasteiger charge is -2.12. The van der Waals surface area contributed by atoms with Crippen molar-refractivity contribution < 1.29 is 19.1 Å². The van der Waals surface area contributed by atoms with E-state index in [-0.39, 0.29) is 6.61 Å². The summed E-state index contributed by atoms with van der Waals surface area (Å²) in [5.74, 6) is 0.450. The summed E-state index contributed by atoms with van der Waals surface area (Å²) < 4.78 is 10.3. The molecule has 1 aromatic carbocycles. The van der Waals surface area contributed by atoms with Gasteiger partial charge in [0.2, 0.25) is 5.91 Å². The van der Waals surface area contributed by atoms with Crippen molar-refractivity contribution in [2.75, 3.05) is 20.8 Å². The molecular weight excluding hydrogens is 260 g/mol. The second-order valence-electron chi connectivity index (χ2n) is 3.39. The number of amides is 1. The van der Waals surface area contributed by atoms with E-state index in [4.69, 9.17) is 31.6 Å². The summed E-state index contributed by atoms with van der Waals surface area (Å²) in [6.07, 6.45) is 0. The Morgan fingerprint density at radius 1 is 1.39 bits per heavy atom. The molecule has 3 N–H and O–H groups in total. The Morgan fingerprint density at radius 2 is 2.11 bits per heavy atom. The van der Waals surface area contributed by atoms with Gasteiger partial charge in [-0.05, 0) is 17.7 Å². The second-order valence-corrected chi connectivity index (χ2v) is 3.80. The van der Waals surface area contributed by atoms with Crippen molar-refractivity contribution in [3.05, 3.63) is 22.7 Å². The predicted octanol–water partition coefficient (Wildman–Crippen LogP) is 0.864. The van der Waals surface area contributed by atoms with Crippen LogP contribution in [0.5, 0.6) is 11.5 Å². The van der Waals surface area contributed by atoms with Gasteiger partial charge >= 0.3 is 0 Å². The van der Waals surface area contributed by atoms with Crippen LogP contribution in [0.2, 0.25) is 5.02 Å². The van der Waals surface area contributed by atoms with Crippen molar-refractivity contribution in [2.45, 2.75) is 6.54 Å². The molecule has 1 rings (SSSR count). The molecule has 0 radical (unpaired) electrons. The van der Waals surface area contributed by atoms with Crippen LogP contribution in [-0.4, -0.2) is 26.7 Å². The molecule has 1 amide bonds. The molecule has 6 nitrogen and oxygen atoms in total. The van der Waals surface area contributed by atoms with E-state index in [1.54, 1.807) is 12.1 Å². The molecule has 0 atom stereocenters. The molecule has 0 unspecified atom stereocenters. The number of nitrogens with two attached hydrogens (primary N) is 1. The monoisotopic (exact) mass is 274 g/mol.